The molecule has 2 rings (SSSR count). The Bertz CT molecular complexity index is 787. The van der Waals surface area contributed by atoms with Gasteiger partial charge in [-0.2, -0.15) is 0 Å². The Morgan fingerprint density at radius 2 is 1.83 bits per heavy atom. The highest BCUT2D eigenvalue weighted by molar-refractivity contribution is 6.35. The average Bonchev–Trinajstić information content (AvgIpc) is 3.27. The summed E-state index contributed by atoms with van der Waals surface area (Å²) in [5.41, 5.74) is -0.440. The van der Waals surface area contributed by atoms with E-state index in [9.17, 15) is 9.90 Å². The predicted octanol–water partition coefficient (Wildman–Crippen LogP) is 6.34. The standard InChI is InChI=1S/C23H31Cl2NO4/c1-4-6-12-23(13-7-5-2,22(28)29-3)21(27)20(18-9-8-14-26-18)30-19-11-10-16(24)15-17(19)25/h8-11,14-15,20-21,26-27H,4-7,12-13H2,1-3H3. The van der Waals surface area contributed by atoms with Gasteiger partial charge in [0.25, 0.3) is 0 Å². The molecule has 30 heavy (non-hydrogen) atoms. The van der Waals surface area contributed by atoms with Crippen molar-refractivity contribution in [1.29, 1.82) is 0 Å². The van der Waals surface area contributed by atoms with Crippen molar-refractivity contribution < 1.29 is 19.4 Å². The lowest BCUT2D eigenvalue weighted by atomic mass is 9.71. The molecule has 0 radical (unpaired) electrons. The summed E-state index contributed by atoms with van der Waals surface area (Å²) in [6.45, 7) is 4.11. The molecule has 2 unspecified atom stereocenters. The highest BCUT2D eigenvalue weighted by Crippen LogP contribution is 2.43. The summed E-state index contributed by atoms with van der Waals surface area (Å²) in [7, 11) is 1.36. The molecule has 1 heterocycles. The molecule has 0 saturated heterocycles. The molecule has 0 fully saturated rings. The van der Waals surface area contributed by atoms with Crippen LogP contribution in [0.25, 0.3) is 0 Å². The van der Waals surface area contributed by atoms with Crippen LogP contribution in [0, 0.1) is 5.41 Å². The van der Waals surface area contributed by atoms with Crippen LogP contribution in [0.4, 0.5) is 0 Å². The zero-order valence-electron chi connectivity index (χ0n) is 17.8. The molecule has 2 atom stereocenters. The number of rotatable bonds is 12. The Kier molecular flexibility index (Phi) is 9.53. The molecule has 0 saturated carbocycles. The number of esters is 1. The number of hydrogen-bond donors (Lipinski definition) is 2. The molecule has 1 aromatic carbocycles. The Balaban J connectivity index is 2.50. The normalized spacial score (nSPS) is 13.7. The second-order valence-electron chi connectivity index (χ2n) is 7.54. The number of ether oxygens (including phenoxy) is 2. The fourth-order valence-electron chi connectivity index (χ4n) is 3.75. The molecule has 0 bridgehead atoms. The Labute approximate surface area is 188 Å². The summed E-state index contributed by atoms with van der Waals surface area (Å²) in [6, 6.07) is 8.55. The number of unbranched alkanes of at least 4 members (excludes halogenated alkanes) is 2. The molecule has 0 aliphatic carbocycles. The summed E-state index contributed by atoms with van der Waals surface area (Å²) in [4.78, 5) is 16.1. The van der Waals surface area contributed by atoms with Gasteiger partial charge in [-0.15, -0.1) is 0 Å². The van der Waals surface area contributed by atoms with E-state index in [1.165, 1.54) is 7.11 Å². The van der Waals surface area contributed by atoms with Crippen molar-refractivity contribution in [3.63, 3.8) is 0 Å². The first-order chi connectivity index (χ1) is 14.4. The molecule has 2 aromatic rings. The van der Waals surface area contributed by atoms with Gasteiger partial charge in [-0.05, 0) is 43.2 Å². The summed E-state index contributed by atoms with van der Waals surface area (Å²) in [6.07, 6.45) is 4.14. The van der Waals surface area contributed by atoms with E-state index in [4.69, 9.17) is 32.7 Å². The topological polar surface area (TPSA) is 71.6 Å². The minimum absolute atomic E-state index is 0.331. The van der Waals surface area contributed by atoms with Crippen LogP contribution >= 0.6 is 23.2 Å². The van der Waals surface area contributed by atoms with Crippen molar-refractivity contribution in [2.45, 2.75) is 64.6 Å². The Hall–Kier alpha value is -1.69. The van der Waals surface area contributed by atoms with Gasteiger partial charge in [0.1, 0.15) is 11.9 Å². The molecular weight excluding hydrogens is 425 g/mol. The van der Waals surface area contributed by atoms with E-state index in [1.54, 1.807) is 24.4 Å². The molecule has 0 amide bonds. The molecule has 0 aliphatic rings. The second kappa shape index (κ2) is 11.6. The van der Waals surface area contributed by atoms with Crippen molar-refractivity contribution >= 4 is 29.2 Å². The lowest BCUT2D eigenvalue weighted by molar-refractivity contribution is -0.168. The van der Waals surface area contributed by atoms with Crippen LogP contribution in [0.2, 0.25) is 10.0 Å². The van der Waals surface area contributed by atoms with Crippen molar-refractivity contribution in [2.75, 3.05) is 7.11 Å². The van der Waals surface area contributed by atoms with Gasteiger partial charge in [0.15, 0.2) is 6.10 Å². The van der Waals surface area contributed by atoms with E-state index >= 15 is 0 Å². The molecular formula is C23H31Cl2NO4. The molecule has 166 valence electrons. The minimum atomic E-state index is -1.14. The summed E-state index contributed by atoms with van der Waals surface area (Å²) < 4.78 is 11.4. The number of halogens is 2. The maximum Gasteiger partial charge on any atom is 0.314 e. The molecule has 7 heteroatoms. The van der Waals surface area contributed by atoms with Gasteiger partial charge >= 0.3 is 5.97 Å². The van der Waals surface area contributed by atoms with Crippen molar-refractivity contribution in [1.82, 2.24) is 4.98 Å². The molecule has 1 aromatic heterocycles. The smallest absolute Gasteiger partial charge is 0.314 e. The highest BCUT2D eigenvalue weighted by Gasteiger charge is 2.50. The van der Waals surface area contributed by atoms with E-state index in [0.29, 0.717) is 34.3 Å². The van der Waals surface area contributed by atoms with Crippen LogP contribution in [0.5, 0.6) is 5.75 Å². The van der Waals surface area contributed by atoms with Gasteiger partial charge in [0.2, 0.25) is 0 Å². The van der Waals surface area contributed by atoms with Gasteiger partial charge in [0, 0.05) is 11.2 Å². The van der Waals surface area contributed by atoms with E-state index in [0.717, 1.165) is 25.7 Å². The number of methoxy groups -OCH3 is 1. The lowest BCUT2D eigenvalue weighted by Gasteiger charge is -2.39. The number of hydrogen-bond acceptors (Lipinski definition) is 4. The van der Waals surface area contributed by atoms with Crippen molar-refractivity contribution in [2.24, 2.45) is 5.41 Å². The van der Waals surface area contributed by atoms with Crippen LogP contribution in [-0.2, 0) is 9.53 Å². The SMILES string of the molecule is CCCCC(CCCC)(C(=O)OC)C(O)C(Oc1ccc(Cl)cc1Cl)c1ccc[nH]1. The molecule has 2 N–H and O–H groups in total. The Morgan fingerprint density at radius 1 is 1.17 bits per heavy atom. The lowest BCUT2D eigenvalue weighted by Crippen LogP contribution is -2.48. The van der Waals surface area contributed by atoms with Crippen LogP contribution in [0.15, 0.2) is 36.5 Å². The summed E-state index contributed by atoms with van der Waals surface area (Å²) in [5, 5.41) is 12.5. The maximum absolute atomic E-state index is 13.0. The number of carbonyl (C=O) groups is 1. The van der Waals surface area contributed by atoms with Crippen LogP contribution in [-0.4, -0.2) is 29.3 Å². The number of aromatic amines is 1. The average molecular weight is 456 g/mol. The van der Waals surface area contributed by atoms with Gasteiger partial charge < -0.3 is 19.6 Å². The third kappa shape index (κ3) is 5.71. The fraction of sp³-hybridized carbons (Fsp3) is 0.522. The number of aliphatic hydroxyl groups excluding tert-OH is 1. The third-order valence-corrected chi connectivity index (χ3v) is 6.00. The second-order valence-corrected chi connectivity index (χ2v) is 8.38. The largest absolute Gasteiger partial charge is 0.480 e. The number of benzene rings is 1. The summed E-state index contributed by atoms with van der Waals surface area (Å²) >= 11 is 12.3. The summed E-state index contributed by atoms with van der Waals surface area (Å²) in [5.74, 6) is -0.0382. The van der Waals surface area contributed by atoms with Gasteiger partial charge in [-0.1, -0.05) is 62.7 Å². The number of nitrogens with one attached hydrogen (secondary N) is 1. The van der Waals surface area contributed by atoms with Crippen LogP contribution in [0.3, 0.4) is 0 Å². The van der Waals surface area contributed by atoms with Crippen molar-refractivity contribution in [3.05, 3.63) is 52.3 Å². The zero-order chi connectivity index (χ0) is 22.1. The minimum Gasteiger partial charge on any atom is -0.480 e. The predicted molar refractivity (Wildman–Crippen MR) is 120 cm³/mol. The van der Waals surface area contributed by atoms with Gasteiger partial charge in [-0.3, -0.25) is 4.79 Å². The van der Waals surface area contributed by atoms with E-state index in [1.807, 2.05) is 12.1 Å². The molecule has 0 spiro atoms. The molecule has 0 aliphatic heterocycles. The third-order valence-electron chi connectivity index (χ3n) is 5.47. The van der Waals surface area contributed by atoms with Crippen molar-refractivity contribution in [3.8, 4) is 5.75 Å². The first-order valence-corrected chi connectivity index (χ1v) is 11.2. The van der Waals surface area contributed by atoms with E-state index in [2.05, 4.69) is 18.8 Å². The monoisotopic (exact) mass is 455 g/mol. The number of carbonyl (C=O) groups excluding carboxylic acids is 1. The zero-order valence-corrected chi connectivity index (χ0v) is 19.3. The Morgan fingerprint density at radius 3 is 2.33 bits per heavy atom. The van der Waals surface area contributed by atoms with Gasteiger partial charge in [0.05, 0.1) is 23.2 Å². The number of aromatic nitrogens is 1. The van der Waals surface area contributed by atoms with E-state index in [-0.39, 0.29) is 0 Å². The fourth-order valence-corrected chi connectivity index (χ4v) is 4.20. The first-order valence-electron chi connectivity index (χ1n) is 10.4. The van der Waals surface area contributed by atoms with Gasteiger partial charge in [-0.25, -0.2) is 0 Å². The van der Waals surface area contributed by atoms with Crippen LogP contribution in [0.1, 0.15) is 64.2 Å². The first kappa shape index (κ1) is 24.6. The number of aliphatic hydroxyl groups is 1. The maximum atomic E-state index is 13.0. The van der Waals surface area contributed by atoms with E-state index < -0.39 is 23.6 Å². The highest BCUT2D eigenvalue weighted by atomic mass is 35.5. The molecule has 5 nitrogen and oxygen atoms in total. The van der Waals surface area contributed by atoms with Crippen LogP contribution < -0.4 is 4.74 Å². The quantitative estimate of drug-likeness (QED) is 0.366. The number of H-pyrrole nitrogens is 1.